The van der Waals surface area contributed by atoms with Gasteiger partial charge in [-0.25, -0.2) is 0 Å². The second kappa shape index (κ2) is 7.18. The topological polar surface area (TPSA) is 96.6 Å². The molecule has 1 aromatic rings. The Balaban J connectivity index is 1.35. The van der Waals surface area contributed by atoms with Crippen LogP contribution in [0.3, 0.4) is 0 Å². The summed E-state index contributed by atoms with van der Waals surface area (Å²) in [5, 5.41) is 0. The lowest BCUT2D eigenvalue weighted by atomic mass is 9.72. The minimum Gasteiger partial charge on any atom is -0.369 e. The Morgan fingerprint density at radius 3 is 2.36 bits per heavy atom. The number of amides is 3. The molecule has 0 bridgehead atoms. The van der Waals surface area contributed by atoms with Crippen molar-refractivity contribution in [1.29, 1.82) is 0 Å². The van der Waals surface area contributed by atoms with Crippen LogP contribution in [-0.4, -0.2) is 58.7 Å². The van der Waals surface area contributed by atoms with Crippen molar-refractivity contribution in [2.75, 3.05) is 26.2 Å². The van der Waals surface area contributed by atoms with Crippen LogP contribution < -0.4 is 5.73 Å². The standard InChI is InChI=1S/C21H28N4O3/c22-18(27)21(6-7-21)19(28)24-13-8-20(9-14-24)5-1-17(26)25(15-20)12-4-16-2-10-23-11-3-16/h2-3,10-11H,1,4-9,12-15H2,(H2,22,27). The molecule has 2 aliphatic heterocycles. The van der Waals surface area contributed by atoms with Gasteiger partial charge < -0.3 is 15.5 Å². The van der Waals surface area contributed by atoms with Gasteiger partial charge in [0.15, 0.2) is 0 Å². The molecular formula is C21H28N4O3. The van der Waals surface area contributed by atoms with Gasteiger partial charge in [-0.2, -0.15) is 0 Å². The van der Waals surface area contributed by atoms with Crippen molar-refractivity contribution in [2.24, 2.45) is 16.6 Å². The largest absolute Gasteiger partial charge is 0.369 e. The molecule has 0 aromatic carbocycles. The fourth-order valence-electron chi connectivity index (χ4n) is 4.71. The third kappa shape index (κ3) is 3.50. The Morgan fingerprint density at radius 2 is 1.75 bits per heavy atom. The monoisotopic (exact) mass is 384 g/mol. The molecule has 0 unspecified atom stereocenters. The van der Waals surface area contributed by atoms with Crippen molar-refractivity contribution >= 4 is 17.7 Å². The highest BCUT2D eigenvalue weighted by atomic mass is 16.2. The Bertz CT molecular complexity index is 767. The number of rotatable bonds is 5. The number of hydrogen-bond donors (Lipinski definition) is 1. The van der Waals surface area contributed by atoms with Gasteiger partial charge in [0.25, 0.3) is 0 Å². The lowest BCUT2D eigenvalue weighted by molar-refractivity contribution is -0.148. The number of piperidine rings is 2. The zero-order valence-electron chi connectivity index (χ0n) is 16.2. The molecule has 7 nitrogen and oxygen atoms in total. The van der Waals surface area contributed by atoms with Crippen LogP contribution in [0.2, 0.25) is 0 Å². The van der Waals surface area contributed by atoms with E-state index in [1.807, 2.05) is 21.9 Å². The van der Waals surface area contributed by atoms with Crippen LogP contribution >= 0.6 is 0 Å². The predicted molar refractivity (Wildman–Crippen MR) is 103 cm³/mol. The van der Waals surface area contributed by atoms with Crippen molar-refractivity contribution in [2.45, 2.75) is 44.9 Å². The number of carbonyl (C=O) groups is 3. The van der Waals surface area contributed by atoms with Crippen LogP contribution in [0.1, 0.15) is 44.1 Å². The maximum atomic E-state index is 12.7. The van der Waals surface area contributed by atoms with E-state index in [1.54, 1.807) is 12.4 Å². The van der Waals surface area contributed by atoms with Crippen molar-refractivity contribution < 1.29 is 14.4 Å². The fourth-order valence-corrected chi connectivity index (χ4v) is 4.71. The zero-order chi connectivity index (χ0) is 19.8. The summed E-state index contributed by atoms with van der Waals surface area (Å²) in [6, 6.07) is 3.97. The summed E-state index contributed by atoms with van der Waals surface area (Å²) >= 11 is 0. The third-order valence-corrected chi connectivity index (χ3v) is 6.91. The van der Waals surface area contributed by atoms with E-state index in [0.29, 0.717) is 32.4 Å². The summed E-state index contributed by atoms with van der Waals surface area (Å²) in [4.78, 5) is 44.7. The molecule has 3 aliphatic rings. The SMILES string of the molecule is NC(=O)C1(C(=O)N2CCC3(CCC(=O)N(CCc4ccncc4)C3)CC2)CC1. The molecule has 1 aromatic heterocycles. The van der Waals surface area contributed by atoms with Gasteiger partial charge in [0, 0.05) is 45.0 Å². The molecule has 1 saturated carbocycles. The Hall–Kier alpha value is -2.44. The molecule has 0 radical (unpaired) electrons. The molecule has 3 amide bonds. The van der Waals surface area contributed by atoms with Gasteiger partial charge in [-0.15, -0.1) is 0 Å². The number of hydrogen-bond acceptors (Lipinski definition) is 4. The van der Waals surface area contributed by atoms with E-state index in [4.69, 9.17) is 5.73 Å². The first-order valence-electron chi connectivity index (χ1n) is 10.2. The van der Waals surface area contributed by atoms with Gasteiger partial charge in [0.2, 0.25) is 17.7 Å². The van der Waals surface area contributed by atoms with Crippen LogP contribution in [-0.2, 0) is 20.8 Å². The number of nitrogens with zero attached hydrogens (tertiary/aromatic N) is 3. The van der Waals surface area contributed by atoms with E-state index in [-0.39, 0.29) is 17.2 Å². The van der Waals surface area contributed by atoms with Crippen molar-refractivity contribution in [1.82, 2.24) is 14.8 Å². The van der Waals surface area contributed by atoms with Crippen LogP contribution in [0.4, 0.5) is 0 Å². The molecule has 2 N–H and O–H groups in total. The molecule has 1 aliphatic carbocycles. The molecule has 0 atom stereocenters. The molecule has 3 fully saturated rings. The van der Waals surface area contributed by atoms with Crippen molar-refractivity contribution in [3.05, 3.63) is 30.1 Å². The van der Waals surface area contributed by atoms with E-state index >= 15 is 0 Å². The maximum absolute atomic E-state index is 12.7. The number of primary amides is 1. The average Bonchev–Trinajstić information content (AvgIpc) is 3.52. The van der Waals surface area contributed by atoms with Gasteiger partial charge in [-0.1, -0.05) is 0 Å². The highest BCUT2D eigenvalue weighted by molar-refractivity contribution is 6.07. The number of carbonyl (C=O) groups excluding carboxylic acids is 3. The minimum atomic E-state index is -0.927. The molecule has 28 heavy (non-hydrogen) atoms. The molecular weight excluding hydrogens is 356 g/mol. The molecule has 2 saturated heterocycles. The van der Waals surface area contributed by atoms with E-state index in [0.717, 1.165) is 38.8 Å². The Kier molecular flexibility index (Phi) is 4.85. The molecule has 4 rings (SSSR count). The lowest BCUT2D eigenvalue weighted by Gasteiger charge is -2.47. The number of aromatic nitrogens is 1. The Morgan fingerprint density at radius 1 is 1.07 bits per heavy atom. The quantitative estimate of drug-likeness (QED) is 0.770. The predicted octanol–water partition coefficient (Wildman–Crippen LogP) is 1.12. The van der Waals surface area contributed by atoms with Gasteiger partial charge in [-0.05, 0) is 61.6 Å². The van der Waals surface area contributed by atoms with E-state index < -0.39 is 11.3 Å². The minimum absolute atomic E-state index is 0.0868. The first-order valence-corrected chi connectivity index (χ1v) is 10.2. The third-order valence-electron chi connectivity index (χ3n) is 6.91. The summed E-state index contributed by atoms with van der Waals surface area (Å²) in [7, 11) is 0. The fraction of sp³-hybridized carbons (Fsp3) is 0.619. The highest BCUT2D eigenvalue weighted by Gasteiger charge is 2.57. The number of nitrogens with two attached hydrogens (primary N) is 1. The first kappa shape index (κ1) is 18.9. The van der Waals surface area contributed by atoms with E-state index in [1.165, 1.54) is 5.56 Å². The molecule has 3 heterocycles. The van der Waals surface area contributed by atoms with Gasteiger partial charge in [0.05, 0.1) is 0 Å². The Labute approximate surface area is 165 Å². The molecule has 7 heteroatoms. The summed E-state index contributed by atoms with van der Waals surface area (Å²) in [6.07, 6.45) is 8.78. The van der Waals surface area contributed by atoms with Crippen LogP contribution in [0, 0.1) is 10.8 Å². The van der Waals surface area contributed by atoms with Gasteiger partial charge in [-0.3, -0.25) is 19.4 Å². The number of pyridine rings is 1. The lowest BCUT2D eigenvalue weighted by Crippen LogP contribution is -2.54. The maximum Gasteiger partial charge on any atom is 0.238 e. The summed E-state index contributed by atoms with van der Waals surface area (Å²) in [6.45, 7) is 2.79. The summed E-state index contributed by atoms with van der Waals surface area (Å²) < 4.78 is 0. The normalized spacial score (nSPS) is 22.9. The molecule has 150 valence electrons. The second-order valence-corrected chi connectivity index (χ2v) is 8.66. The summed E-state index contributed by atoms with van der Waals surface area (Å²) in [5.74, 6) is -0.344. The highest BCUT2D eigenvalue weighted by Crippen LogP contribution is 2.48. The summed E-state index contributed by atoms with van der Waals surface area (Å²) in [5.41, 5.74) is 5.80. The number of likely N-dealkylation sites (tertiary alicyclic amines) is 2. The van der Waals surface area contributed by atoms with Crippen LogP contribution in [0.5, 0.6) is 0 Å². The van der Waals surface area contributed by atoms with E-state index in [2.05, 4.69) is 4.98 Å². The zero-order valence-corrected chi connectivity index (χ0v) is 16.2. The van der Waals surface area contributed by atoms with Gasteiger partial charge in [0.1, 0.15) is 5.41 Å². The average molecular weight is 384 g/mol. The van der Waals surface area contributed by atoms with Gasteiger partial charge >= 0.3 is 0 Å². The smallest absolute Gasteiger partial charge is 0.238 e. The van der Waals surface area contributed by atoms with E-state index in [9.17, 15) is 14.4 Å². The van der Waals surface area contributed by atoms with Crippen molar-refractivity contribution in [3.63, 3.8) is 0 Å². The first-order chi connectivity index (χ1) is 13.4. The second-order valence-electron chi connectivity index (χ2n) is 8.66. The van der Waals surface area contributed by atoms with Crippen molar-refractivity contribution in [3.8, 4) is 0 Å². The van der Waals surface area contributed by atoms with Crippen LogP contribution in [0.25, 0.3) is 0 Å². The van der Waals surface area contributed by atoms with Crippen LogP contribution in [0.15, 0.2) is 24.5 Å². The molecule has 1 spiro atoms.